The second kappa shape index (κ2) is 28.4. The van der Waals surface area contributed by atoms with Gasteiger partial charge in [-0.05, 0) is 98.0 Å². The summed E-state index contributed by atoms with van der Waals surface area (Å²) < 4.78 is 24.8. The lowest BCUT2D eigenvalue weighted by Crippen LogP contribution is -2.28. The molecular weight excluding hydrogens is 1270 g/mol. The molecule has 8 N–H and O–H groups in total. The topological polar surface area (TPSA) is 370 Å². The van der Waals surface area contributed by atoms with E-state index in [0.717, 1.165) is 19.3 Å². The van der Waals surface area contributed by atoms with Crippen LogP contribution in [0.2, 0.25) is 0 Å². The van der Waals surface area contributed by atoms with E-state index < -0.39 is 0 Å². The lowest BCUT2D eigenvalue weighted by Gasteiger charge is -2.11. The molecule has 3 aliphatic carbocycles. The van der Waals surface area contributed by atoms with Gasteiger partial charge in [0.05, 0.1) is 54.5 Å². The molecule has 12 aromatic rings. The first-order chi connectivity index (χ1) is 48.3. The van der Waals surface area contributed by atoms with Crippen LogP contribution in [-0.4, -0.2) is 163 Å². The second-order valence-electron chi connectivity index (χ2n) is 23.0. The number of carbonyl (C=O) groups excluding carboxylic acids is 3. The SMILES string of the molecule is CNc1cc(Nc2cccn(-c3ccccn3)c2=O)nc2c(C(=O)CC3C[C@@H]3OC)cnn12.CNc1cc(Nc2cccn(-c3ccccn3)c2=O)nc2c(C(=O)NC3C[C@@H]3OC)cnn12.CNc1cc(Nc2cccn(-c3ccccn3)c2=O)nc2c(C(=O)N[C@@H]3C[C@H]3OC)cnn12. The number of methoxy groups -OCH3 is 3. The normalized spacial score (nSPS) is 17.1. The minimum atomic E-state index is -0.283. The van der Waals surface area contributed by atoms with Gasteiger partial charge in [-0.25, -0.2) is 29.9 Å². The molecule has 0 saturated heterocycles. The fourth-order valence-corrected chi connectivity index (χ4v) is 11.1. The van der Waals surface area contributed by atoms with Crippen LogP contribution in [0.3, 0.4) is 0 Å². The molecule has 3 aliphatic rings. The Morgan fingerprint density at radius 3 is 1.12 bits per heavy atom. The van der Waals surface area contributed by atoms with Crippen molar-refractivity contribution in [1.82, 2.24) is 83.1 Å². The van der Waals surface area contributed by atoms with Gasteiger partial charge in [-0.2, -0.15) is 28.8 Å². The maximum atomic E-state index is 13.0. The monoisotopic (exact) mass is 1340 g/mol. The molecular formula is C67H67N23O9. The standard InChI is InChI=1S/C23H23N7O3.2C22H22N8O3/c1-24-21-12-19(27-16-6-5-9-29(23(16)32)20-7-3-4-8-25-20)28-22-15(13-26-30(21)22)17(31)10-14-11-18(14)33-2;2*1-23-19-11-17(26-14-6-5-9-29(22(14)32)18-7-3-4-8-24-18)28-20-13(12-25-30(19)20)21(31)27-15-10-16(15)33-2/h3-9,12-14,18,24H,10-11H2,1-2H3,(H,27,28);2*3-9,11-12,15-16,23H,10H2,1-2H3,(H,26,28)(H,27,31)/t14?,18-;15?,16-;15-,16-/m001/s1. The third kappa shape index (κ3) is 14.0. The van der Waals surface area contributed by atoms with E-state index in [1.165, 1.54) is 41.3 Å². The summed E-state index contributed by atoms with van der Waals surface area (Å²) in [5.74, 6) is 4.20. The molecule has 0 spiro atoms. The molecule has 0 bridgehead atoms. The minimum absolute atomic E-state index is 0.0167. The van der Waals surface area contributed by atoms with Crippen molar-refractivity contribution < 1.29 is 28.6 Å². The van der Waals surface area contributed by atoms with Gasteiger partial charge >= 0.3 is 0 Å². The highest BCUT2D eigenvalue weighted by Crippen LogP contribution is 2.38. The number of fused-ring (bicyclic) bond motifs is 3. The van der Waals surface area contributed by atoms with E-state index in [0.29, 0.717) is 109 Å². The van der Waals surface area contributed by atoms with Crippen LogP contribution in [0, 0.1) is 5.92 Å². The van der Waals surface area contributed by atoms with Crippen LogP contribution in [0.25, 0.3) is 34.4 Å². The smallest absolute Gasteiger partial charge is 0.279 e. The van der Waals surface area contributed by atoms with Crippen LogP contribution in [0.15, 0.2) is 179 Å². The maximum Gasteiger partial charge on any atom is 0.279 e. The molecule has 3 saturated carbocycles. The Labute approximate surface area is 562 Å². The summed E-state index contributed by atoms with van der Waals surface area (Å²) in [6.45, 7) is 0. The molecule has 2 amide bonds. The number of nitrogens with one attached hydrogen (secondary N) is 8. The van der Waals surface area contributed by atoms with Gasteiger partial charge in [0.2, 0.25) is 0 Å². The van der Waals surface area contributed by atoms with Crippen molar-refractivity contribution in [2.45, 2.75) is 56.1 Å². The summed E-state index contributed by atoms with van der Waals surface area (Å²) in [5, 5.41) is 37.2. The molecule has 99 heavy (non-hydrogen) atoms. The molecule has 12 aromatic heterocycles. The lowest BCUT2D eigenvalue weighted by molar-refractivity contribution is 0.0929. The van der Waals surface area contributed by atoms with E-state index in [4.69, 9.17) is 14.2 Å². The molecule has 0 aliphatic heterocycles. The Hall–Kier alpha value is -12.6. The molecule has 504 valence electrons. The predicted octanol–water partition coefficient (Wildman–Crippen LogP) is 5.82. The molecule has 32 nitrogen and oxygen atoms in total. The first-order valence-corrected chi connectivity index (χ1v) is 31.4. The van der Waals surface area contributed by atoms with Crippen LogP contribution < -0.4 is 59.2 Å². The number of aromatic nitrogens is 15. The number of amides is 2. The van der Waals surface area contributed by atoms with E-state index >= 15 is 0 Å². The number of hydrogen-bond donors (Lipinski definition) is 8. The first kappa shape index (κ1) is 65.1. The number of carbonyl (C=O) groups is 3. The van der Waals surface area contributed by atoms with Gasteiger partial charge in [0, 0.05) is 104 Å². The highest BCUT2D eigenvalue weighted by molar-refractivity contribution is 6.02. The van der Waals surface area contributed by atoms with Crippen molar-refractivity contribution in [3.05, 3.63) is 213 Å². The molecule has 2 unspecified atom stereocenters. The zero-order valence-electron chi connectivity index (χ0n) is 54.3. The Morgan fingerprint density at radius 2 is 0.808 bits per heavy atom. The number of hydrogen-bond acceptors (Lipinski definition) is 24. The summed E-state index contributed by atoms with van der Waals surface area (Å²) in [6.07, 6.45) is 17.4. The summed E-state index contributed by atoms with van der Waals surface area (Å²) in [4.78, 5) is 104. The molecule has 6 atom stereocenters. The molecule has 12 heterocycles. The van der Waals surface area contributed by atoms with Gasteiger partial charge in [0.1, 0.15) is 80.5 Å². The lowest BCUT2D eigenvalue weighted by atomic mass is 10.1. The number of Topliss-reactive ketones (excluding diaryl/α,β-unsaturated/α-hetero) is 1. The van der Waals surface area contributed by atoms with Crippen molar-refractivity contribution in [3.63, 3.8) is 0 Å². The number of pyridine rings is 6. The van der Waals surface area contributed by atoms with Gasteiger partial charge in [-0.3, -0.25) is 42.5 Å². The molecule has 0 radical (unpaired) electrons. The fraction of sp³-hybridized carbons (Fsp3) is 0.239. The Balaban J connectivity index is 0.000000133. The predicted molar refractivity (Wildman–Crippen MR) is 368 cm³/mol. The Morgan fingerprint density at radius 1 is 0.455 bits per heavy atom. The summed E-state index contributed by atoms with van der Waals surface area (Å²) in [7, 11) is 10.1. The van der Waals surface area contributed by atoms with Crippen LogP contribution in [-0.2, 0) is 14.2 Å². The average molecular weight is 1340 g/mol. The Kier molecular flexibility index (Phi) is 18.7. The summed E-state index contributed by atoms with van der Waals surface area (Å²) in [6, 6.07) is 31.4. The number of nitrogens with zero attached hydrogens (tertiary/aromatic N) is 15. The molecule has 3 fully saturated rings. The van der Waals surface area contributed by atoms with E-state index in [2.05, 4.69) is 87.7 Å². The van der Waals surface area contributed by atoms with E-state index in [1.54, 1.807) is 175 Å². The Bertz CT molecular complexity index is 4650. The third-order valence-corrected chi connectivity index (χ3v) is 16.6. The van der Waals surface area contributed by atoms with Gasteiger partial charge < -0.3 is 56.7 Å². The van der Waals surface area contributed by atoms with Gasteiger partial charge in [0.15, 0.2) is 22.7 Å². The summed E-state index contributed by atoms with van der Waals surface area (Å²) >= 11 is 0. The molecule has 0 aromatic carbocycles. The second-order valence-corrected chi connectivity index (χ2v) is 23.0. The minimum Gasteiger partial charge on any atom is -0.381 e. The molecule has 32 heteroatoms. The van der Waals surface area contributed by atoms with Crippen molar-refractivity contribution in [3.8, 4) is 17.5 Å². The quantitative estimate of drug-likeness (QED) is 0.0370. The highest BCUT2D eigenvalue weighted by Gasteiger charge is 2.41. The van der Waals surface area contributed by atoms with E-state index in [-0.39, 0.29) is 70.6 Å². The van der Waals surface area contributed by atoms with Crippen LogP contribution >= 0.6 is 0 Å². The molecule has 15 rings (SSSR count). The van der Waals surface area contributed by atoms with Crippen molar-refractivity contribution >= 4 is 86.5 Å². The van der Waals surface area contributed by atoms with Crippen molar-refractivity contribution in [2.24, 2.45) is 5.92 Å². The van der Waals surface area contributed by atoms with Crippen LogP contribution in [0.1, 0.15) is 56.8 Å². The number of anilines is 9. The van der Waals surface area contributed by atoms with E-state index in [9.17, 15) is 28.8 Å². The zero-order chi connectivity index (χ0) is 68.8. The summed E-state index contributed by atoms with van der Waals surface area (Å²) in [5.41, 5.74) is 2.36. The van der Waals surface area contributed by atoms with Gasteiger partial charge in [-0.15, -0.1) is 0 Å². The number of ketones is 1. The van der Waals surface area contributed by atoms with Gasteiger partial charge in [-0.1, -0.05) is 18.2 Å². The van der Waals surface area contributed by atoms with Crippen molar-refractivity contribution in [2.75, 3.05) is 74.4 Å². The third-order valence-electron chi connectivity index (χ3n) is 16.6. The van der Waals surface area contributed by atoms with E-state index in [1.807, 2.05) is 18.2 Å². The van der Waals surface area contributed by atoms with Crippen molar-refractivity contribution in [1.29, 1.82) is 0 Å². The largest absolute Gasteiger partial charge is 0.381 e. The maximum absolute atomic E-state index is 13.0. The van der Waals surface area contributed by atoms with Gasteiger partial charge in [0.25, 0.3) is 28.5 Å². The first-order valence-electron chi connectivity index (χ1n) is 31.4. The highest BCUT2D eigenvalue weighted by atomic mass is 16.5. The zero-order valence-corrected chi connectivity index (χ0v) is 54.3. The number of ether oxygens (including phenoxy) is 3. The fourth-order valence-electron chi connectivity index (χ4n) is 11.1. The average Bonchev–Trinajstić information content (AvgIpc) is 1.58. The van der Waals surface area contributed by atoms with Crippen LogP contribution in [0.4, 0.5) is 52.0 Å². The number of rotatable bonds is 22. The van der Waals surface area contributed by atoms with Crippen LogP contribution in [0.5, 0.6) is 0 Å².